The Morgan fingerprint density at radius 2 is 2.11 bits per heavy atom. The highest BCUT2D eigenvalue weighted by atomic mass is 16.5. The summed E-state index contributed by atoms with van der Waals surface area (Å²) in [6, 6.07) is 8.61. The van der Waals surface area contributed by atoms with Gasteiger partial charge in [-0.3, -0.25) is 15.7 Å². The summed E-state index contributed by atoms with van der Waals surface area (Å²) in [6.45, 7) is 0.527. The van der Waals surface area contributed by atoms with E-state index in [1.165, 1.54) is 6.20 Å². The lowest BCUT2D eigenvalue weighted by molar-refractivity contribution is 0.209. The van der Waals surface area contributed by atoms with E-state index in [1.54, 1.807) is 6.07 Å². The zero-order valence-electron chi connectivity index (χ0n) is 14.0. The van der Waals surface area contributed by atoms with Crippen LogP contribution in [0.3, 0.4) is 0 Å². The van der Waals surface area contributed by atoms with E-state index in [2.05, 4.69) is 31.1 Å². The lowest BCUT2D eigenvalue weighted by Gasteiger charge is -2.26. The first-order chi connectivity index (χ1) is 13.1. The first kappa shape index (κ1) is 16.6. The summed E-state index contributed by atoms with van der Waals surface area (Å²) in [4.78, 5) is 27.2. The van der Waals surface area contributed by atoms with Gasteiger partial charge < -0.3 is 15.2 Å². The van der Waals surface area contributed by atoms with Crippen LogP contribution >= 0.6 is 0 Å². The number of nitrogens with zero attached hydrogens (tertiary/aromatic N) is 2. The van der Waals surface area contributed by atoms with Gasteiger partial charge in [-0.2, -0.15) is 5.10 Å². The van der Waals surface area contributed by atoms with E-state index in [1.807, 2.05) is 24.3 Å². The summed E-state index contributed by atoms with van der Waals surface area (Å²) in [5, 5.41) is 23.6. The molecule has 0 radical (unpaired) electrons. The van der Waals surface area contributed by atoms with Crippen molar-refractivity contribution in [3.05, 3.63) is 42.1 Å². The second kappa shape index (κ2) is 6.83. The van der Waals surface area contributed by atoms with Gasteiger partial charge in [0.05, 0.1) is 23.6 Å². The first-order valence-corrected chi connectivity index (χ1v) is 8.23. The highest BCUT2D eigenvalue weighted by molar-refractivity contribution is 5.98. The predicted molar refractivity (Wildman–Crippen MR) is 97.0 cm³/mol. The summed E-state index contributed by atoms with van der Waals surface area (Å²) in [6.07, 6.45) is 0.882. The highest BCUT2D eigenvalue weighted by Crippen LogP contribution is 2.31. The Kier molecular flexibility index (Phi) is 4.21. The minimum atomic E-state index is -1.22. The van der Waals surface area contributed by atoms with E-state index in [0.717, 1.165) is 11.3 Å². The molecule has 4 rings (SSSR count). The zero-order chi connectivity index (χ0) is 18.8. The van der Waals surface area contributed by atoms with Crippen LogP contribution in [0.15, 0.2) is 36.5 Å². The van der Waals surface area contributed by atoms with Crippen LogP contribution < -0.4 is 20.7 Å². The molecule has 2 aromatic heterocycles. The number of H-pyrrole nitrogens is 1. The molecule has 5 N–H and O–H groups in total. The van der Waals surface area contributed by atoms with E-state index >= 15 is 0 Å². The summed E-state index contributed by atoms with van der Waals surface area (Å²) >= 11 is 0. The van der Waals surface area contributed by atoms with Crippen LogP contribution in [0, 0.1) is 0 Å². The molecule has 0 fully saturated rings. The van der Waals surface area contributed by atoms with Gasteiger partial charge in [-0.1, -0.05) is 18.2 Å². The smallest absolute Gasteiger partial charge is 0.410 e. The summed E-state index contributed by atoms with van der Waals surface area (Å²) in [5.74, 6) is 1.23. The Labute approximate surface area is 152 Å². The number of rotatable bonds is 3. The van der Waals surface area contributed by atoms with Gasteiger partial charge in [0.1, 0.15) is 11.6 Å². The minimum absolute atomic E-state index is 0.153. The monoisotopic (exact) mass is 368 g/mol. The number of aromatic nitrogens is 3. The van der Waals surface area contributed by atoms with Crippen LogP contribution in [0.5, 0.6) is 5.75 Å². The highest BCUT2D eigenvalue weighted by Gasteiger charge is 2.22. The molecule has 0 aliphatic carbocycles. The zero-order valence-corrected chi connectivity index (χ0v) is 14.0. The number of urea groups is 1. The number of anilines is 2. The van der Waals surface area contributed by atoms with Crippen LogP contribution in [0.1, 0.15) is 18.0 Å². The molecule has 138 valence electrons. The third kappa shape index (κ3) is 3.45. The molecule has 0 saturated heterocycles. The molecule has 0 spiro atoms. The van der Waals surface area contributed by atoms with E-state index in [-0.39, 0.29) is 11.9 Å². The van der Waals surface area contributed by atoms with Crippen LogP contribution in [0.25, 0.3) is 10.9 Å². The van der Waals surface area contributed by atoms with Crippen molar-refractivity contribution in [1.29, 1.82) is 0 Å². The fraction of sp³-hybridized carbons (Fsp3) is 0.176. The van der Waals surface area contributed by atoms with Crippen molar-refractivity contribution in [2.24, 2.45) is 0 Å². The fourth-order valence-corrected chi connectivity index (χ4v) is 2.98. The number of benzene rings is 1. The molecule has 0 saturated carbocycles. The molecule has 0 unspecified atom stereocenters. The summed E-state index contributed by atoms with van der Waals surface area (Å²) < 4.78 is 5.59. The molecule has 1 aliphatic rings. The predicted octanol–water partition coefficient (Wildman–Crippen LogP) is 2.69. The third-order valence-corrected chi connectivity index (χ3v) is 4.18. The molecule has 3 heterocycles. The summed E-state index contributed by atoms with van der Waals surface area (Å²) in [5.41, 5.74) is 1.47. The van der Waals surface area contributed by atoms with Crippen LogP contribution in [-0.4, -0.2) is 39.0 Å². The number of carbonyl (C=O) groups excluding carboxylic acids is 1. The van der Waals surface area contributed by atoms with Crippen molar-refractivity contribution in [1.82, 2.24) is 20.5 Å². The van der Waals surface area contributed by atoms with Crippen LogP contribution in [-0.2, 0) is 0 Å². The number of hydrogen-bond acceptors (Lipinski definition) is 5. The van der Waals surface area contributed by atoms with Crippen molar-refractivity contribution < 1.29 is 19.4 Å². The SMILES string of the molecule is O=C(O)Nc1n[nH]c2cc(NC(=O)N[C@@H]3CCOc4ccccc43)ncc12. The number of aromatic amines is 1. The molecular weight excluding hydrogens is 352 g/mol. The Morgan fingerprint density at radius 3 is 2.96 bits per heavy atom. The van der Waals surface area contributed by atoms with Crippen LogP contribution in [0.2, 0.25) is 0 Å². The Bertz CT molecular complexity index is 1020. The van der Waals surface area contributed by atoms with Crippen molar-refractivity contribution in [3.63, 3.8) is 0 Å². The van der Waals surface area contributed by atoms with Gasteiger partial charge in [-0.15, -0.1) is 0 Å². The minimum Gasteiger partial charge on any atom is -0.493 e. The molecule has 10 heteroatoms. The number of pyridine rings is 1. The van der Waals surface area contributed by atoms with Crippen molar-refractivity contribution in [2.45, 2.75) is 12.5 Å². The van der Waals surface area contributed by atoms with E-state index in [9.17, 15) is 9.59 Å². The quantitative estimate of drug-likeness (QED) is 0.481. The number of ether oxygens (including phenoxy) is 1. The molecule has 27 heavy (non-hydrogen) atoms. The molecule has 3 aromatic rings. The van der Waals surface area contributed by atoms with E-state index < -0.39 is 12.1 Å². The van der Waals surface area contributed by atoms with Gasteiger partial charge in [0.15, 0.2) is 5.82 Å². The first-order valence-electron chi connectivity index (χ1n) is 8.23. The number of carboxylic acid groups (broad SMARTS) is 1. The van der Waals surface area contributed by atoms with Gasteiger partial charge in [0.2, 0.25) is 0 Å². The Morgan fingerprint density at radius 1 is 1.26 bits per heavy atom. The molecule has 3 amide bonds. The van der Waals surface area contributed by atoms with Crippen molar-refractivity contribution >= 4 is 34.7 Å². The number of carbonyl (C=O) groups is 2. The second-order valence-corrected chi connectivity index (χ2v) is 5.94. The molecule has 1 atom stereocenters. The molecule has 10 nitrogen and oxygen atoms in total. The van der Waals surface area contributed by atoms with Gasteiger partial charge in [0, 0.05) is 24.2 Å². The van der Waals surface area contributed by atoms with Crippen LogP contribution in [0.4, 0.5) is 21.2 Å². The normalized spacial score (nSPS) is 15.5. The topological polar surface area (TPSA) is 141 Å². The maximum Gasteiger partial charge on any atom is 0.410 e. The molecule has 1 aliphatic heterocycles. The largest absolute Gasteiger partial charge is 0.493 e. The van der Waals surface area contributed by atoms with E-state index in [4.69, 9.17) is 9.84 Å². The fourth-order valence-electron chi connectivity index (χ4n) is 2.98. The standard InChI is InChI=1S/C17H16N6O4/c24-16(19-11-5-6-27-13-4-2-1-3-9(11)13)20-14-7-12-10(8-18-14)15(23-22-12)21-17(25)26/h1-4,7-8,11H,5-6H2,(H,25,26)(H2,21,22,23)(H2,18,19,20,24)/t11-/m1/s1. The van der Waals surface area contributed by atoms with Gasteiger partial charge >= 0.3 is 12.1 Å². The molecular formula is C17H16N6O4. The van der Waals surface area contributed by atoms with Crippen molar-refractivity contribution in [2.75, 3.05) is 17.2 Å². The number of nitrogens with one attached hydrogen (secondary N) is 4. The van der Waals surface area contributed by atoms with Gasteiger partial charge in [-0.05, 0) is 6.07 Å². The van der Waals surface area contributed by atoms with E-state index in [0.29, 0.717) is 29.7 Å². The Balaban J connectivity index is 1.46. The Hall–Kier alpha value is -3.82. The average molecular weight is 368 g/mol. The lowest BCUT2D eigenvalue weighted by Crippen LogP contribution is -2.35. The molecule has 0 bridgehead atoms. The second-order valence-electron chi connectivity index (χ2n) is 5.94. The average Bonchev–Trinajstić information content (AvgIpc) is 3.03. The van der Waals surface area contributed by atoms with Gasteiger partial charge in [0.25, 0.3) is 0 Å². The number of amides is 3. The number of hydrogen-bond donors (Lipinski definition) is 5. The van der Waals surface area contributed by atoms with Gasteiger partial charge in [-0.25, -0.2) is 14.6 Å². The lowest BCUT2D eigenvalue weighted by atomic mass is 10.0. The summed E-state index contributed by atoms with van der Waals surface area (Å²) in [7, 11) is 0. The maximum atomic E-state index is 12.4. The number of para-hydroxylation sites is 1. The maximum absolute atomic E-state index is 12.4. The van der Waals surface area contributed by atoms with Crippen molar-refractivity contribution in [3.8, 4) is 5.75 Å². The third-order valence-electron chi connectivity index (χ3n) is 4.18. The molecule has 1 aromatic carbocycles. The number of fused-ring (bicyclic) bond motifs is 2.